The van der Waals surface area contributed by atoms with Gasteiger partial charge in [0.25, 0.3) is 17.5 Å². The number of nitro benzene ring substituents is 2. The number of fused-ring (bicyclic) bond motifs is 1. The Bertz CT molecular complexity index is 1710. The van der Waals surface area contributed by atoms with Gasteiger partial charge in [-0.05, 0) is 50.1 Å². The summed E-state index contributed by atoms with van der Waals surface area (Å²) in [5, 5.41) is 42.7. The number of non-ortho nitro benzene ring substituents is 1. The van der Waals surface area contributed by atoms with Gasteiger partial charge < -0.3 is 10.2 Å². The van der Waals surface area contributed by atoms with E-state index in [1.807, 2.05) is 11.8 Å². The Balaban J connectivity index is 1.51. The van der Waals surface area contributed by atoms with Crippen molar-refractivity contribution in [2.75, 3.05) is 29.9 Å². The highest BCUT2D eigenvalue weighted by Crippen LogP contribution is 2.38. The fourth-order valence-corrected chi connectivity index (χ4v) is 4.73. The van der Waals surface area contributed by atoms with Crippen LogP contribution in [0.5, 0.6) is 0 Å². The number of hydrogen-bond acceptors (Lipinski definition) is 11. The zero-order chi connectivity index (χ0) is 32.0. The van der Waals surface area contributed by atoms with Crippen LogP contribution in [0.3, 0.4) is 0 Å². The second-order valence-corrected chi connectivity index (χ2v) is 9.66. The summed E-state index contributed by atoms with van der Waals surface area (Å²) in [6.45, 7) is 4.67. The van der Waals surface area contributed by atoms with Crippen LogP contribution in [0.1, 0.15) is 53.0 Å². The highest BCUT2D eigenvalue weighted by Gasteiger charge is 2.34. The second-order valence-electron chi connectivity index (χ2n) is 9.66. The molecule has 0 radical (unpaired) electrons. The summed E-state index contributed by atoms with van der Waals surface area (Å²) in [7, 11) is 0. The summed E-state index contributed by atoms with van der Waals surface area (Å²) in [5.74, 6) is -1.02. The predicted octanol–water partition coefficient (Wildman–Crippen LogP) is 5.65. The van der Waals surface area contributed by atoms with E-state index in [9.17, 15) is 39.9 Å². The van der Waals surface area contributed by atoms with Crippen molar-refractivity contribution in [2.24, 2.45) is 10.2 Å². The van der Waals surface area contributed by atoms with Gasteiger partial charge in [0.1, 0.15) is 11.8 Å². The Morgan fingerprint density at radius 2 is 1.68 bits per heavy atom. The standard InChI is InChI=1S/C29H26N8O7/c1-3-34(12-6-7-13-35-28(39)22-8-4-5-9-23(22)29(35)40)20-10-11-24(25(15-20)31-18(2)38)32-33-27-19(17-30)14-21(36(41)42)16-26(27)37(43)44/h4-5,8-11,14-16H,3,6-7,12-13H2,1-2H3,(H,31,38)/b33-32+. The van der Waals surface area contributed by atoms with Gasteiger partial charge in [-0.3, -0.25) is 39.5 Å². The lowest BCUT2D eigenvalue weighted by atomic mass is 10.1. The lowest BCUT2D eigenvalue weighted by Crippen LogP contribution is -2.31. The van der Waals surface area contributed by atoms with E-state index in [0.717, 1.165) is 11.8 Å². The van der Waals surface area contributed by atoms with Crippen LogP contribution in [-0.2, 0) is 4.79 Å². The van der Waals surface area contributed by atoms with Crippen LogP contribution in [0.25, 0.3) is 0 Å². The molecule has 3 aromatic carbocycles. The molecular formula is C29H26N8O7. The molecule has 0 bridgehead atoms. The maximum atomic E-state index is 12.6. The molecule has 1 N–H and O–H groups in total. The van der Waals surface area contributed by atoms with Gasteiger partial charge in [-0.15, -0.1) is 10.2 Å². The van der Waals surface area contributed by atoms with E-state index < -0.39 is 38.4 Å². The SMILES string of the molecule is CCN(CCCCN1C(=O)c2ccccc2C1=O)c1ccc(/N=N/c2c(C#N)cc([N+](=O)[O-])cc2[N+](=O)[O-])c(NC(C)=O)c1. The van der Waals surface area contributed by atoms with Crippen LogP contribution >= 0.6 is 0 Å². The zero-order valence-electron chi connectivity index (χ0n) is 23.7. The van der Waals surface area contributed by atoms with Crippen molar-refractivity contribution in [1.29, 1.82) is 5.26 Å². The molecule has 0 spiro atoms. The molecule has 3 amide bonds. The highest BCUT2D eigenvalue weighted by atomic mass is 16.6. The molecule has 0 fully saturated rings. The van der Waals surface area contributed by atoms with E-state index in [1.165, 1.54) is 17.9 Å². The first-order valence-corrected chi connectivity index (χ1v) is 13.5. The van der Waals surface area contributed by atoms with Crippen molar-refractivity contribution in [1.82, 2.24) is 4.90 Å². The van der Waals surface area contributed by atoms with Gasteiger partial charge in [-0.2, -0.15) is 5.26 Å². The summed E-state index contributed by atoms with van der Waals surface area (Å²) in [6, 6.07) is 14.9. The number of nitro groups is 2. The third-order valence-corrected chi connectivity index (χ3v) is 6.84. The van der Waals surface area contributed by atoms with Crippen LogP contribution in [0.2, 0.25) is 0 Å². The van der Waals surface area contributed by atoms with Crippen molar-refractivity contribution in [2.45, 2.75) is 26.7 Å². The predicted molar refractivity (Wildman–Crippen MR) is 158 cm³/mol. The first-order chi connectivity index (χ1) is 21.0. The van der Waals surface area contributed by atoms with Crippen LogP contribution in [0.15, 0.2) is 64.8 Å². The largest absolute Gasteiger partial charge is 0.372 e. The molecule has 15 nitrogen and oxygen atoms in total. The number of imide groups is 1. The van der Waals surface area contributed by atoms with Crippen LogP contribution < -0.4 is 10.2 Å². The Hall–Kier alpha value is -6.04. The topological polar surface area (TPSA) is 205 Å². The first-order valence-electron chi connectivity index (χ1n) is 13.5. The monoisotopic (exact) mass is 598 g/mol. The molecular weight excluding hydrogens is 572 g/mol. The van der Waals surface area contributed by atoms with Crippen molar-refractivity contribution in [3.8, 4) is 6.07 Å². The van der Waals surface area contributed by atoms with Crippen molar-refractivity contribution in [3.63, 3.8) is 0 Å². The lowest BCUT2D eigenvalue weighted by molar-refractivity contribution is -0.393. The second kappa shape index (κ2) is 13.3. The molecule has 44 heavy (non-hydrogen) atoms. The Morgan fingerprint density at radius 3 is 2.25 bits per heavy atom. The van der Waals surface area contributed by atoms with E-state index in [0.29, 0.717) is 43.1 Å². The molecule has 0 unspecified atom stereocenters. The lowest BCUT2D eigenvalue weighted by Gasteiger charge is -2.24. The summed E-state index contributed by atoms with van der Waals surface area (Å²) in [6.07, 6.45) is 1.22. The van der Waals surface area contributed by atoms with Crippen LogP contribution in [-0.4, -0.2) is 52.1 Å². The molecule has 15 heteroatoms. The smallest absolute Gasteiger partial charge is 0.304 e. The van der Waals surface area contributed by atoms with Crippen LogP contribution in [0.4, 0.5) is 34.1 Å². The fraction of sp³-hybridized carbons (Fsp3) is 0.241. The van der Waals surface area contributed by atoms with Gasteiger partial charge >= 0.3 is 5.69 Å². The number of carbonyl (C=O) groups is 3. The Kier molecular flexibility index (Phi) is 9.34. The minimum atomic E-state index is -0.895. The van der Waals surface area contributed by atoms with Gasteiger partial charge in [-0.1, -0.05) is 12.1 Å². The Morgan fingerprint density at radius 1 is 1.00 bits per heavy atom. The van der Waals surface area contributed by atoms with E-state index >= 15 is 0 Å². The summed E-state index contributed by atoms with van der Waals surface area (Å²) >= 11 is 0. The number of amides is 3. The van der Waals surface area contributed by atoms with Gasteiger partial charge in [0.05, 0.1) is 38.3 Å². The number of hydrogen-bond donors (Lipinski definition) is 1. The maximum absolute atomic E-state index is 12.6. The molecule has 0 saturated carbocycles. The van der Waals surface area contributed by atoms with Gasteiger partial charge in [-0.25, -0.2) is 0 Å². The molecule has 224 valence electrons. The van der Waals surface area contributed by atoms with Crippen molar-refractivity contribution < 1.29 is 24.2 Å². The van der Waals surface area contributed by atoms with E-state index in [2.05, 4.69) is 15.5 Å². The summed E-state index contributed by atoms with van der Waals surface area (Å²) in [4.78, 5) is 61.4. The Labute approximate surface area is 250 Å². The molecule has 0 atom stereocenters. The average Bonchev–Trinajstić information content (AvgIpc) is 3.24. The number of nitriles is 1. The van der Waals surface area contributed by atoms with Gasteiger partial charge in [0.2, 0.25) is 5.91 Å². The maximum Gasteiger partial charge on any atom is 0.304 e. The molecule has 3 aromatic rings. The molecule has 1 aliphatic rings. The normalized spacial score (nSPS) is 12.2. The highest BCUT2D eigenvalue weighted by molar-refractivity contribution is 6.21. The van der Waals surface area contributed by atoms with E-state index in [1.54, 1.807) is 42.5 Å². The zero-order valence-corrected chi connectivity index (χ0v) is 23.7. The minimum Gasteiger partial charge on any atom is -0.372 e. The minimum absolute atomic E-state index is 0.127. The number of nitrogens with zero attached hydrogens (tertiary/aromatic N) is 7. The van der Waals surface area contributed by atoms with Gasteiger partial charge in [0, 0.05) is 38.3 Å². The number of carbonyl (C=O) groups excluding carboxylic acids is 3. The third kappa shape index (κ3) is 6.54. The molecule has 4 rings (SSSR count). The molecule has 1 heterocycles. The third-order valence-electron chi connectivity index (χ3n) is 6.84. The molecule has 0 aromatic heterocycles. The number of nitrogens with one attached hydrogen (secondary N) is 1. The van der Waals surface area contributed by atoms with E-state index in [-0.39, 0.29) is 29.7 Å². The summed E-state index contributed by atoms with van der Waals surface area (Å²) in [5.41, 5.74) is -0.386. The summed E-state index contributed by atoms with van der Waals surface area (Å²) < 4.78 is 0. The molecule has 0 aliphatic carbocycles. The van der Waals surface area contributed by atoms with Crippen LogP contribution in [0, 0.1) is 31.6 Å². The number of unbranched alkanes of at least 4 members (excludes halogenated alkanes) is 1. The van der Waals surface area contributed by atoms with Gasteiger partial charge in [0.15, 0.2) is 5.69 Å². The quantitative estimate of drug-likeness (QED) is 0.0897. The average molecular weight is 599 g/mol. The first kappa shape index (κ1) is 30.9. The van der Waals surface area contributed by atoms with Crippen molar-refractivity contribution >= 4 is 51.8 Å². The number of benzene rings is 3. The number of azo groups is 1. The molecule has 0 saturated heterocycles. The number of rotatable bonds is 12. The van der Waals surface area contributed by atoms with E-state index in [4.69, 9.17) is 0 Å². The number of anilines is 2. The van der Waals surface area contributed by atoms with Crippen molar-refractivity contribution in [3.05, 3.63) is 91.5 Å². The molecule has 1 aliphatic heterocycles. The fourth-order valence-electron chi connectivity index (χ4n) is 4.73.